The van der Waals surface area contributed by atoms with Gasteiger partial charge in [-0.3, -0.25) is 0 Å². The highest BCUT2D eigenvalue weighted by Gasteiger charge is 2.38. The zero-order valence-electron chi connectivity index (χ0n) is 11.8. The molecular weight excluding hydrogens is 316 g/mol. The first-order chi connectivity index (χ1) is 10.8. The molecule has 23 heavy (non-hydrogen) atoms. The molecule has 3 aromatic rings. The number of alkyl halides is 3. The van der Waals surface area contributed by atoms with E-state index >= 15 is 0 Å². The third-order valence-corrected chi connectivity index (χ3v) is 3.09. The van der Waals surface area contributed by atoms with Gasteiger partial charge in [0, 0.05) is 23.9 Å². The lowest BCUT2D eigenvalue weighted by Crippen LogP contribution is -2.04. The van der Waals surface area contributed by atoms with Gasteiger partial charge in [0.2, 0.25) is 5.82 Å². The van der Waals surface area contributed by atoms with Crippen LogP contribution in [0.4, 0.5) is 17.6 Å². The fourth-order valence-corrected chi connectivity index (χ4v) is 2.02. The highest BCUT2D eigenvalue weighted by molar-refractivity contribution is 5.55. The molecule has 0 aliphatic carbocycles. The van der Waals surface area contributed by atoms with Crippen LogP contribution in [-0.2, 0) is 12.6 Å². The number of aryl methyl sites for hydroxylation is 1. The van der Waals surface area contributed by atoms with Crippen LogP contribution in [0.1, 0.15) is 23.0 Å². The van der Waals surface area contributed by atoms with Crippen LogP contribution in [0, 0.1) is 12.7 Å². The van der Waals surface area contributed by atoms with Gasteiger partial charge in [-0.1, -0.05) is 17.3 Å². The minimum atomic E-state index is -4.74. The van der Waals surface area contributed by atoms with Crippen molar-refractivity contribution in [2.75, 3.05) is 0 Å². The minimum Gasteiger partial charge on any atom is -0.346 e. The molecule has 0 radical (unpaired) electrons. The Morgan fingerprint density at radius 2 is 2.04 bits per heavy atom. The monoisotopic (exact) mass is 326 g/mol. The lowest BCUT2D eigenvalue weighted by Gasteiger charge is -2.03. The van der Waals surface area contributed by atoms with Crippen molar-refractivity contribution in [3.63, 3.8) is 0 Å². The summed E-state index contributed by atoms with van der Waals surface area (Å²) in [5.74, 6) is -1.79. The number of halogens is 4. The number of imidazole rings is 1. The largest absolute Gasteiger partial charge is 0.471 e. The summed E-state index contributed by atoms with van der Waals surface area (Å²) >= 11 is 0. The topological polar surface area (TPSA) is 67.6 Å². The Labute approximate surface area is 127 Å². The summed E-state index contributed by atoms with van der Waals surface area (Å²) in [5.41, 5.74) is 1.30. The average molecular weight is 326 g/mol. The van der Waals surface area contributed by atoms with Crippen molar-refractivity contribution in [1.29, 1.82) is 0 Å². The summed E-state index contributed by atoms with van der Waals surface area (Å²) in [6.07, 6.45) is -2.87. The predicted octanol–water partition coefficient (Wildman–Crippen LogP) is 3.52. The molecule has 0 saturated carbocycles. The number of aromatic nitrogens is 4. The van der Waals surface area contributed by atoms with E-state index in [2.05, 4.69) is 24.6 Å². The SMILES string of the molecule is Cc1cnc(Cc2ccc(-c3noc(C(F)(F)F)n3)cc2F)[nH]1. The van der Waals surface area contributed by atoms with E-state index in [1.165, 1.54) is 12.1 Å². The van der Waals surface area contributed by atoms with Gasteiger partial charge in [0.1, 0.15) is 11.6 Å². The summed E-state index contributed by atoms with van der Waals surface area (Å²) in [4.78, 5) is 10.3. The molecule has 0 unspecified atom stereocenters. The molecular formula is C14H10F4N4O. The molecule has 120 valence electrons. The van der Waals surface area contributed by atoms with Crippen molar-refractivity contribution in [3.05, 3.63) is 53.2 Å². The van der Waals surface area contributed by atoms with Crippen LogP contribution in [0.3, 0.4) is 0 Å². The van der Waals surface area contributed by atoms with E-state index in [0.717, 1.165) is 11.8 Å². The second-order valence-corrected chi connectivity index (χ2v) is 4.92. The van der Waals surface area contributed by atoms with Crippen LogP contribution >= 0.6 is 0 Å². The van der Waals surface area contributed by atoms with Crippen LogP contribution < -0.4 is 0 Å². The van der Waals surface area contributed by atoms with Gasteiger partial charge >= 0.3 is 12.1 Å². The average Bonchev–Trinajstić information content (AvgIpc) is 3.10. The van der Waals surface area contributed by atoms with E-state index < -0.39 is 17.9 Å². The van der Waals surface area contributed by atoms with Crippen molar-refractivity contribution in [1.82, 2.24) is 20.1 Å². The normalized spacial score (nSPS) is 11.9. The van der Waals surface area contributed by atoms with Crippen LogP contribution in [0.5, 0.6) is 0 Å². The molecule has 5 nitrogen and oxygen atoms in total. The molecule has 0 amide bonds. The van der Waals surface area contributed by atoms with E-state index in [9.17, 15) is 17.6 Å². The van der Waals surface area contributed by atoms with Gasteiger partial charge in [-0.25, -0.2) is 9.37 Å². The Balaban J connectivity index is 1.85. The Morgan fingerprint density at radius 1 is 1.26 bits per heavy atom. The highest BCUT2D eigenvalue weighted by atomic mass is 19.4. The first-order valence-electron chi connectivity index (χ1n) is 6.53. The Kier molecular flexibility index (Phi) is 3.63. The number of hydrogen-bond donors (Lipinski definition) is 1. The zero-order valence-corrected chi connectivity index (χ0v) is 11.8. The van der Waals surface area contributed by atoms with Crippen molar-refractivity contribution in [2.45, 2.75) is 19.5 Å². The van der Waals surface area contributed by atoms with Crippen LogP contribution in [0.15, 0.2) is 28.9 Å². The number of H-pyrrole nitrogens is 1. The first kappa shape index (κ1) is 15.2. The summed E-state index contributed by atoms with van der Waals surface area (Å²) in [7, 11) is 0. The molecule has 3 rings (SSSR count). The van der Waals surface area contributed by atoms with E-state index in [-0.39, 0.29) is 17.8 Å². The lowest BCUT2D eigenvalue weighted by molar-refractivity contribution is -0.159. The summed E-state index contributed by atoms with van der Waals surface area (Å²) in [6.45, 7) is 1.82. The molecule has 9 heteroatoms. The van der Waals surface area contributed by atoms with Gasteiger partial charge in [0.25, 0.3) is 0 Å². The molecule has 0 atom stereocenters. The van der Waals surface area contributed by atoms with Crippen LogP contribution in [0.2, 0.25) is 0 Å². The van der Waals surface area contributed by atoms with Crippen molar-refractivity contribution in [2.24, 2.45) is 0 Å². The number of nitrogens with zero attached hydrogens (tertiary/aromatic N) is 3. The van der Waals surface area contributed by atoms with Crippen molar-refractivity contribution >= 4 is 0 Å². The second kappa shape index (κ2) is 5.49. The summed E-state index contributed by atoms with van der Waals surface area (Å²) in [6, 6.07) is 3.95. The van der Waals surface area contributed by atoms with Crippen molar-refractivity contribution < 1.29 is 22.1 Å². The van der Waals surface area contributed by atoms with E-state index in [0.29, 0.717) is 11.4 Å². The third-order valence-electron chi connectivity index (χ3n) is 3.09. The maximum atomic E-state index is 14.1. The Bertz CT molecular complexity index is 837. The smallest absolute Gasteiger partial charge is 0.346 e. The van der Waals surface area contributed by atoms with Gasteiger partial charge in [-0.15, -0.1) is 0 Å². The van der Waals surface area contributed by atoms with Gasteiger partial charge in [0.05, 0.1) is 0 Å². The molecule has 2 aromatic heterocycles. The molecule has 1 N–H and O–H groups in total. The number of benzene rings is 1. The van der Waals surface area contributed by atoms with Gasteiger partial charge in [-0.05, 0) is 18.6 Å². The Morgan fingerprint density at radius 3 is 2.61 bits per heavy atom. The van der Waals surface area contributed by atoms with E-state index in [1.807, 2.05) is 6.92 Å². The van der Waals surface area contributed by atoms with Gasteiger partial charge in [-0.2, -0.15) is 18.2 Å². The zero-order chi connectivity index (χ0) is 16.6. The maximum Gasteiger partial charge on any atom is 0.471 e. The summed E-state index contributed by atoms with van der Waals surface area (Å²) < 4.78 is 55.5. The lowest BCUT2D eigenvalue weighted by atomic mass is 10.1. The molecule has 0 aliphatic rings. The van der Waals surface area contributed by atoms with Gasteiger partial charge in [0.15, 0.2) is 0 Å². The van der Waals surface area contributed by atoms with Gasteiger partial charge < -0.3 is 9.51 Å². The standard InChI is InChI=1S/C14H10F4N4O/c1-7-6-19-11(20-7)5-8-2-3-9(4-10(8)15)12-21-13(23-22-12)14(16,17)18/h2-4,6H,5H2,1H3,(H,19,20). The molecule has 1 aromatic carbocycles. The third kappa shape index (κ3) is 3.22. The quantitative estimate of drug-likeness (QED) is 0.748. The number of aromatic amines is 1. The predicted molar refractivity (Wildman–Crippen MR) is 70.8 cm³/mol. The number of rotatable bonds is 3. The van der Waals surface area contributed by atoms with E-state index in [4.69, 9.17) is 0 Å². The molecule has 2 heterocycles. The number of hydrogen-bond acceptors (Lipinski definition) is 4. The number of nitrogens with one attached hydrogen (secondary N) is 1. The van der Waals surface area contributed by atoms with Crippen LogP contribution in [-0.4, -0.2) is 20.1 Å². The fourth-order valence-electron chi connectivity index (χ4n) is 2.02. The Hall–Kier alpha value is -2.71. The van der Waals surface area contributed by atoms with E-state index in [1.54, 1.807) is 6.20 Å². The fraction of sp³-hybridized carbons (Fsp3) is 0.214. The molecule has 0 fully saturated rings. The second-order valence-electron chi connectivity index (χ2n) is 4.92. The molecule has 0 bridgehead atoms. The van der Waals surface area contributed by atoms with Crippen LogP contribution in [0.25, 0.3) is 11.4 Å². The first-order valence-corrected chi connectivity index (χ1v) is 6.53. The maximum absolute atomic E-state index is 14.1. The molecule has 0 spiro atoms. The minimum absolute atomic E-state index is 0.0983. The summed E-state index contributed by atoms with van der Waals surface area (Å²) in [5, 5.41) is 3.22. The highest BCUT2D eigenvalue weighted by Crippen LogP contribution is 2.29. The molecule has 0 saturated heterocycles. The molecule has 0 aliphatic heterocycles. The van der Waals surface area contributed by atoms with Crippen molar-refractivity contribution in [3.8, 4) is 11.4 Å².